The molecule has 0 spiro atoms. The number of carbonyl (C=O) groups is 1. The molecule has 0 saturated heterocycles. The van der Waals surface area contributed by atoms with E-state index in [9.17, 15) is 4.79 Å². The summed E-state index contributed by atoms with van der Waals surface area (Å²) in [6.45, 7) is 6.44. The molecule has 0 aromatic heterocycles. The van der Waals surface area contributed by atoms with Crippen molar-refractivity contribution in [1.29, 1.82) is 0 Å². The standard InChI is InChI=1S/C43H78OS2/c1-4-6-8-10-12-14-16-18-20-22-24-26-28-30-32-41-34-36-45(38-41)43(40(3)44)46-37-35-42(39-46)33-31-29-27-25-23-21-19-17-15-13-11-9-7-5-2/h34-39,43,45-46H,4-33H2,1-3H3. The Bertz CT molecular complexity index is 804. The van der Waals surface area contributed by atoms with Crippen LogP contribution >= 0.6 is 21.8 Å². The number of hydrogen-bond acceptors (Lipinski definition) is 1. The number of unbranched alkanes of at least 4 members (excludes halogenated alkanes) is 26. The lowest BCUT2D eigenvalue weighted by Crippen LogP contribution is -2.14. The molecule has 2 rings (SSSR count). The Balaban J connectivity index is 1.50. The van der Waals surface area contributed by atoms with Crippen LogP contribution in [-0.2, 0) is 4.79 Å². The zero-order valence-corrected chi connectivity index (χ0v) is 32.8. The SMILES string of the molecule is CCCCCCCCCCCCCCCCC1=C[SH](C(C(C)=O)[SH]2C=CC(CCCCCCCCCCCCCCCC)=C2)C=C1. The highest BCUT2D eigenvalue weighted by Gasteiger charge is 2.27. The maximum absolute atomic E-state index is 12.8. The molecule has 0 saturated carbocycles. The highest BCUT2D eigenvalue weighted by atomic mass is 32.3. The third-order valence-electron chi connectivity index (χ3n) is 10.1. The average Bonchev–Trinajstić information content (AvgIpc) is 3.71. The van der Waals surface area contributed by atoms with Gasteiger partial charge in [-0.05, 0) is 65.4 Å². The van der Waals surface area contributed by atoms with Gasteiger partial charge in [-0.1, -0.05) is 193 Å². The van der Waals surface area contributed by atoms with Gasteiger partial charge < -0.3 is 0 Å². The Labute approximate surface area is 294 Å². The van der Waals surface area contributed by atoms with Crippen LogP contribution in [0.3, 0.4) is 0 Å². The van der Waals surface area contributed by atoms with Crippen LogP contribution in [0, 0.1) is 0 Å². The first kappa shape index (κ1) is 41.5. The van der Waals surface area contributed by atoms with Gasteiger partial charge in [0.25, 0.3) is 0 Å². The third-order valence-corrected chi connectivity index (χ3v) is 15.8. The van der Waals surface area contributed by atoms with E-state index in [1.165, 1.54) is 204 Å². The van der Waals surface area contributed by atoms with E-state index in [0.717, 1.165) is 0 Å². The van der Waals surface area contributed by atoms with E-state index in [2.05, 4.69) is 47.6 Å². The summed E-state index contributed by atoms with van der Waals surface area (Å²) in [7, 11) is -0.904. The molecule has 2 atom stereocenters. The van der Waals surface area contributed by atoms with Crippen molar-refractivity contribution in [2.75, 3.05) is 0 Å². The zero-order chi connectivity index (χ0) is 32.9. The maximum atomic E-state index is 12.8. The zero-order valence-electron chi connectivity index (χ0n) is 31.1. The number of ketones is 1. The lowest BCUT2D eigenvalue weighted by atomic mass is 10.0. The van der Waals surface area contributed by atoms with Crippen LogP contribution in [0.25, 0.3) is 0 Å². The van der Waals surface area contributed by atoms with Gasteiger partial charge >= 0.3 is 0 Å². The van der Waals surface area contributed by atoms with Crippen molar-refractivity contribution in [3.8, 4) is 0 Å². The quantitative estimate of drug-likeness (QED) is 0.0523. The summed E-state index contributed by atoms with van der Waals surface area (Å²) < 4.78 is 0.195. The largest absolute Gasteiger partial charge is 0.298 e. The van der Waals surface area contributed by atoms with Crippen LogP contribution in [-0.4, -0.2) is 10.4 Å². The first-order chi connectivity index (χ1) is 22.7. The Morgan fingerprint density at radius 2 is 0.717 bits per heavy atom. The molecule has 0 radical (unpaired) electrons. The molecule has 1 nitrogen and oxygen atoms in total. The molecule has 2 unspecified atom stereocenters. The van der Waals surface area contributed by atoms with Gasteiger partial charge in [-0.2, -0.15) is 21.8 Å². The van der Waals surface area contributed by atoms with Gasteiger partial charge in [0.1, 0.15) is 0 Å². The third kappa shape index (κ3) is 20.6. The van der Waals surface area contributed by atoms with Gasteiger partial charge in [0.05, 0.1) is 4.58 Å². The van der Waals surface area contributed by atoms with Crippen molar-refractivity contribution < 1.29 is 4.79 Å². The molecule has 2 heterocycles. The summed E-state index contributed by atoms with van der Waals surface area (Å²) in [5.41, 5.74) is 3.00. The fourth-order valence-corrected chi connectivity index (χ4v) is 12.8. The number of thiol groups is 2. The molecular weight excluding hydrogens is 597 g/mol. The molecule has 0 amide bonds. The van der Waals surface area contributed by atoms with Crippen molar-refractivity contribution in [3.63, 3.8) is 0 Å². The molecule has 2 aliphatic rings. The lowest BCUT2D eigenvalue weighted by Gasteiger charge is -2.28. The Morgan fingerprint density at radius 3 is 0.978 bits per heavy atom. The highest BCUT2D eigenvalue weighted by molar-refractivity contribution is 8.39. The number of hydrogen-bond donors (Lipinski definition) is 2. The lowest BCUT2D eigenvalue weighted by molar-refractivity contribution is -0.115. The minimum atomic E-state index is -0.452. The van der Waals surface area contributed by atoms with Gasteiger partial charge in [-0.3, -0.25) is 4.79 Å². The van der Waals surface area contributed by atoms with E-state index in [1.807, 2.05) is 6.92 Å². The Hall–Kier alpha value is -0.670. The summed E-state index contributed by atoms with van der Waals surface area (Å²) in [5.74, 6) is 0.398. The van der Waals surface area contributed by atoms with Crippen molar-refractivity contribution in [2.24, 2.45) is 0 Å². The van der Waals surface area contributed by atoms with E-state index in [-0.39, 0.29) is 4.58 Å². The van der Waals surface area contributed by atoms with Crippen molar-refractivity contribution in [2.45, 2.75) is 218 Å². The predicted molar refractivity (Wildman–Crippen MR) is 217 cm³/mol. The minimum absolute atomic E-state index is 0.195. The number of allylic oxidation sites excluding steroid dienone is 4. The molecule has 0 aromatic rings. The van der Waals surface area contributed by atoms with Crippen LogP contribution in [0.2, 0.25) is 0 Å². The second-order valence-corrected chi connectivity index (χ2v) is 19.0. The van der Waals surface area contributed by atoms with Crippen molar-refractivity contribution in [3.05, 3.63) is 44.9 Å². The van der Waals surface area contributed by atoms with Crippen molar-refractivity contribution in [1.82, 2.24) is 0 Å². The first-order valence-electron chi connectivity index (χ1n) is 20.5. The molecule has 0 bridgehead atoms. The molecule has 46 heavy (non-hydrogen) atoms. The smallest absolute Gasteiger partial charge is 0.150 e. The van der Waals surface area contributed by atoms with Gasteiger partial charge in [0.15, 0.2) is 5.78 Å². The molecule has 2 aliphatic heterocycles. The van der Waals surface area contributed by atoms with Crippen LogP contribution in [0.1, 0.15) is 213 Å². The Morgan fingerprint density at radius 1 is 0.457 bits per heavy atom. The second kappa shape index (κ2) is 29.3. The maximum Gasteiger partial charge on any atom is 0.150 e. The monoisotopic (exact) mass is 675 g/mol. The molecule has 0 N–H and O–H groups in total. The molecule has 0 aliphatic carbocycles. The number of rotatable bonds is 33. The molecule has 268 valence electrons. The van der Waals surface area contributed by atoms with Crippen molar-refractivity contribution >= 4 is 27.6 Å². The fraction of sp³-hybridized carbons (Fsp3) is 0.791. The molecule has 0 aromatic carbocycles. The molecular formula is C43H78OS2. The summed E-state index contributed by atoms with van der Waals surface area (Å²) in [5, 5.41) is 9.80. The summed E-state index contributed by atoms with van der Waals surface area (Å²) in [6, 6.07) is 0. The summed E-state index contributed by atoms with van der Waals surface area (Å²) >= 11 is 0. The number of Topliss-reactive ketones (excluding diaryl/α,β-unsaturated/α-hetero) is 1. The minimum Gasteiger partial charge on any atom is -0.298 e. The van der Waals surface area contributed by atoms with Crippen LogP contribution < -0.4 is 0 Å². The normalized spacial score (nSPS) is 19.5. The van der Waals surface area contributed by atoms with Crippen LogP contribution in [0.4, 0.5) is 0 Å². The van der Waals surface area contributed by atoms with E-state index >= 15 is 0 Å². The highest BCUT2D eigenvalue weighted by Crippen LogP contribution is 2.56. The first-order valence-corrected chi connectivity index (χ1v) is 23.6. The summed E-state index contributed by atoms with van der Waals surface area (Å²) in [6.07, 6.45) is 46.7. The predicted octanol–water partition coefficient (Wildman–Crippen LogP) is 15.5. The van der Waals surface area contributed by atoms with Crippen LogP contribution in [0.5, 0.6) is 0 Å². The van der Waals surface area contributed by atoms with E-state index in [4.69, 9.17) is 0 Å². The topological polar surface area (TPSA) is 17.1 Å². The average molecular weight is 675 g/mol. The van der Waals surface area contributed by atoms with E-state index < -0.39 is 21.8 Å². The second-order valence-electron chi connectivity index (χ2n) is 14.6. The van der Waals surface area contributed by atoms with E-state index in [1.54, 1.807) is 0 Å². The van der Waals surface area contributed by atoms with E-state index in [0.29, 0.717) is 5.78 Å². The van der Waals surface area contributed by atoms with Gasteiger partial charge in [0, 0.05) is 0 Å². The molecule has 3 heteroatoms. The fourth-order valence-electron chi connectivity index (χ4n) is 7.14. The van der Waals surface area contributed by atoms with Gasteiger partial charge in [0.2, 0.25) is 0 Å². The van der Waals surface area contributed by atoms with Gasteiger partial charge in [-0.15, -0.1) is 0 Å². The number of carbonyl (C=O) groups excluding carboxylic acids is 1. The Kier molecular flexibility index (Phi) is 26.4. The summed E-state index contributed by atoms with van der Waals surface area (Å²) in [4.78, 5) is 12.8. The van der Waals surface area contributed by atoms with Gasteiger partial charge in [-0.25, -0.2) is 0 Å². The van der Waals surface area contributed by atoms with Crippen LogP contribution in [0.15, 0.2) is 44.9 Å². The molecule has 0 fully saturated rings.